The van der Waals surface area contributed by atoms with E-state index in [4.69, 9.17) is 15.2 Å². The molecule has 0 fully saturated rings. The smallest absolute Gasteiger partial charge is 0.0718 e. The predicted molar refractivity (Wildman–Crippen MR) is 60.7 cm³/mol. The van der Waals surface area contributed by atoms with Crippen LogP contribution in [-0.2, 0) is 16.1 Å². The molecule has 0 atom stereocenters. The molecule has 1 rings (SSSR count). The molecule has 0 radical (unpaired) electrons. The Morgan fingerprint density at radius 2 is 1.67 bits per heavy atom. The highest BCUT2D eigenvalue weighted by atomic mass is 16.5. The largest absolute Gasteiger partial charge is 0.378 e. The van der Waals surface area contributed by atoms with Crippen molar-refractivity contribution in [2.24, 2.45) is 5.73 Å². The van der Waals surface area contributed by atoms with Gasteiger partial charge in [0.05, 0.1) is 26.4 Å². The third-order valence-corrected chi connectivity index (χ3v) is 2.02. The highest BCUT2D eigenvalue weighted by Gasteiger charge is 1.93. The van der Waals surface area contributed by atoms with Gasteiger partial charge in [-0.3, -0.25) is 0 Å². The molecule has 3 nitrogen and oxygen atoms in total. The van der Waals surface area contributed by atoms with Gasteiger partial charge < -0.3 is 15.2 Å². The molecule has 0 spiro atoms. The zero-order valence-corrected chi connectivity index (χ0v) is 9.24. The van der Waals surface area contributed by atoms with Crippen molar-refractivity contribution in [3.05, 3.63) is 35.4 Å². The molecular formula is C12H19NO2. The number of ether oxygens (including phenoxy) is 2. The molecule has 0 aliphatic carbocycles. The third kappa shape index (κ3) is 5.52. The lowest BCUT2D eigenvalue weighted by atomic mass is 10.2. The second kappa shape index (κ2) is 7.40. The molecule has 0 saturated heterocycles. The van der Waals surface area contributed by atoms with E-state index in [9.17, 15) is 0 Å². The van der Waals surface area contributed by atoms with E-state index in [1.807, 2.05) is 0 Å². The maximum absolute atomic E-state index is 5.44. The van der Waals surface area contributed by atoms with Gasteiger partial charge in [-0.15, -0.1) is 0 Å². The molecule has 0 heterocycles. The minimum Gasteiger partial charge on any atom is -0.378 e. The standard InChI is InChI=1S/C12H19NO2/c1-11-2-4-12(5-3-11)10-15-9-8-14-7-6-13/h2-5H,6-10,13H2,1H3. The van der Waals surface area contributed by atoms with Crippen molar-refractivity contribution in [2.75, 3.05) is 26.4 Å². The molecule has 0 aliphatic heterocycles. The van der Waals surface area contributed by atoms with Crippen molar-refractivity contribution < 1.29 is 9.47 Å². The van der Waals surface area contributed by atoms with Gasteiger partial charge in [-0.25, -0.2) is 0 Å². The molecule has 0 aromatic heterocycles. The van der Waals surface area contributed by atoms with Gasteiger partial charge in [0.1, 0.15) is 0 Å². The average molecular weight is 209 g/mol. The fourth-order valence-electron chi connectivity index (χ4n) is 1.18. The van der Waals surface area contributed by atoms with Crippen LogP contribution in [0.4, 0.5) is 0 Å². The molecular weight excluding hydrogens is 190 g/mol. The zero-order chi connectivity index (χ0) is 10.9. The lowest BCUT2D eigenvalue weighted by Crippen LogP contribution is -2.11. The summed E-state index contributed by atoms with van der Waals surface area (Å²) in [5.74, 6) is 0. The van der Waals surface area contributed by atoms with E-state index in [0.29, 0.717) is 33.0 Å². The van der Waals surface area contributed by atoms with Crippen LogP contribution in [0.1, 0.15) is 11.1 Å². The van der Waals surface area contributed by atoms with Crippen molar-refractivity contribution in [3.63, 3.8) is 0 Å². The van der Waals surface area contributed by atoms with Crippen LogP contribution >= 0.6 is 0 Å². The highest BCUT2D eigenvalue weighted by molar-refractivity contribution is 5.20. The summed E-state index contributed by atoms with van der Waals surface area (Å²) >= 11 is 0. The Bertz CT molecular complexity index is 259. The summed E-state index contributed by atoms with van der Waals surface area (Å²) in [4.78, 5) is 0. The van der Waals surface area contributed by atoms with Crippen LogP contribution in [0, 0.1) is 6.92 Å². The van der Waals surface area contributed by atoms with Crippen LogP contribution in [0.3, 0.4) is 0 Å². The van der Waals surface area contributed by atoms with Crippen molar-refractivity contribution >= 4 is 0 Å². The summed E-state index contributed by atoms with van der Waals surface area (Å²) in [6.07, 6.45) is 0. The van der Waals surface area contributed by atoms with Crippen LogP contribution in [0.2, 0.25) is 0 Å². The van der Waals surface area contributed by atoms with Crippen LogP contribution in [0.25, 0.3) is 0 Å². The van der Waals surface area contributed by atoms with Crippen molar-refractivity contribution in [3.8, 4) is 0 Å². The Kier molecular flexibility index (Phi) is 6.00. The first-order valence-electron chi connectivity index (χ1n) is 5.24. The van der Waals surface area contributed by atoms with E-state index in [0.717, 1.165) is 0 Å². The van der Waals surface area contributed by atoms with E-state index >= 15 is 0 Å². The second-order valence-corrected chi connectivity index (χ2v) is 3.44. The van der Waals surface area contributed by atoms with Gasteiger partial charge in [0.25, 0.3) is 0 Å². The Balaban J connectivity index is 2.07. The number of benzene rings is 1. The summed E-state index contributed by atoms with van der Waals surface area (Å²) in [7, 11) is 0. The molecule has 84 valence electrons. The molecule has 1 aromatic rings. The maximum Gasteiger partial charge on any atom is 0.0718 e. The Hall–Kier alpha value is -0.900. The van der Waals surface area contributed by atoms with Crippen molar-refractivity contribution in [1.29, 1.82) is 0 Å². The van der Waals surface area contributed by atoms with Crippen molar-refractivity contribution in [2.45, 2.75) is 13.5 Å². The van der Waals surface area contributed by atoms with Gasteiger partial charge in [-0.2, -0.15) is 0 Å². The first-order valence-corrected chi connectivity index (χ1v) is 5.24. The third-order valence-electron chi connectivity index (χ3n) is 2.02. The fraction of sp³-hybridized carbons (Fsp3) is 0.500. The van der Waals surface area contributed by atoms with Gasteiger partial charge in [0, 0.05) is 6.54 Å². The van der Waals surface area contributed by atoms with Crippen LogP contribution in [0.15, 0.2) is 24.3 Å². The molecule has 2 N–H and O–H groups in total. The molecule has 0 amide bonds. The monoisotopic (exact) mass is 209 g/mol. The SMILES string of the molecule is Cc1ccc(COCCOCCN)cc1. The summed E-state index contributed by atoms with van der Waals surface area (Å²) in [5.41, 5.74) is 7.75. The number of rotatable bonds is 7. The first-order chi connectivity index (χ1) is 7.33. The van der Waals surface area contributed by atoms with Crippen LogP contribution < -0.4 is 5.73 Å². The normalized spacial score (nSPS) is 10.5. The quantitative estimate of drug-likeness (QED) is 0.692. The minimum absolute atomic E-state index is 0.567. The molecule has 0 aliphatic rings. The number of hydrogen-bond acceptors (Lipinski definition) is 3. The highest BCUT2D eigenvalue weighted by Crippen LogP contribution is 2.04. The van der Waals surface area contributed by atoms with E-state index in [1.165, 1.54) is 11.1 Å². The maximum atomic E-state index is 5.44. The summed E-state index contributed by atoms with van der Waals surface area (Å²) in [6, 6.07) is 8.33. The van der Waals surface area contributed by atoms with Gasteiger partial charge in [0.2, 0.25) is 0 Å². The molecule has 3 heteroatoms. The predicted octanol–water partition coefficient (Wildman–Crippen LogP) is 1.49. The van der Waals surface area contributed by atoms with Crippen LogP contribution in [-0.4, -0.2) is 26.4 Å². The van der Waals surface area contributed by atoms with Crippen LogP contribution in [0.5, 0.6) is 0 Å². The Morgan fingerprint density at radius 3 is 2.33 bits per heavy atom. The van der Waals surface area contributed by atoms with Gasteiger partial charge in [0.15, 0.2) is 0 Å². The Labute approximate surface area is 91.2 Å². The van der Waals surface area contributed by atoms with Gasteiger partial charge >= 0.3 is 0 Å². The van der Waals surface area contributed by atoms with Crippen molar-refractivity contribution in [1.82, 2.24) is 0 Å². The summed E-state index contributed by atoms with van der Waals surface area (Å²) in [5, 5.41) is 0. The number of hydrogen-bond donors (Lipinski definition) is 1. The average Bonchev–Trinajstić information content (AvgIpc) is 2.26. The second-order valence-electron chi connectivity index (χ2n) is 3.44. The van der Waals surface area contributed by atoms with E-state index in [-0.39, 0.29) is 0 Å². The molecule has 0 saturated carbocycles. The number of nitrogens with two attached hydrogens (primary N) is 1. The zero-order valence-electron chi connectivity index (χ0n) is 9.24. The molecule has 0 unspecified atom stereocenters. The fourth-order valence-corrected chi connectivity index (χ4v) is 1.18. The van der Waals surface area contributed by atoms with Gasteiger partial charge in [-0.1, -0.05) is 29.8 Å². The van der Waals surface area contributed by atoms with E-state index < -0.39 is 0 Å². The molecule has 0 bridgehead atoms. The molecule has 15 heavy (non-hydrogen) atoms. The lowest BCUT2D eigenvalue weighted by Gasteiger charge is -2.05. The minimum atomic E-state index is 0.567. The van der Waals surface area contributed by atoms with Gasteiger partial charge in [-0.05, 0) is 12.5 Å². The summed E-state index contributed by atoms with van der Waals surface area (Å²) < 4.78 is 10.6. The topological polar surface area (TPSA) is 44.5 Å². The first kappa shape index (κ1) is 12.2. The van der Waals surface area contributed by atoms with E-state index in [2.05, 4.69) is 31.2 Å². The Morgan fingerprint density at radius 1 is 1.00 bits per heavy atom. The summed E-state index contributed by atoms with van der Waals surface area (Å²) in [6.45, 7) is 5.13. The lowest BCUT2D eigenvalue weighted by molar-refractivity contribution is 0.0433. The van der Waals surface area contributed by atoms with E-state index in [1.54, 1.807) is 0 Å². The molecule has 1 aromatic carbocycles. The number of aryl methyl sites for hydroxylation is 1.